The Balaban J connectivity index is 1.14. The molecule has 0 amide bonds. The number of hydrogen-bond acceptors (Lipinski definition) is 1. The van der Waals surface area contributed by atoms with Crippen LogP contribution < -0.4 is 4.90 Å². The van der Waals surface area contributed by atoms with Crippen molar-refractivity contribution in [3.63, 3.8) is 0 Å². The molecular weight excluding hydrogens is 687 g/mol. The summed E-state index contributed by atoms with van der Waals surface area (Å²) >= 11 is 0. The molecule has 3 saturated carbocycles. The Morgan fingerprint density at radius 1 is 0.509 bits per heavy atom. The molecular formula is C56H53N. The standard InChI is InChI=1S/C56H53N/c1-56(2)52-33-44(38-14-6-3-7-15-38)26-29-48(52)55-51(40-18-10-5-11-19-40)35-47(36-53(55)56)57(46-27-24-41(25-28-46)49-31-37-22-23-45(49)30-37)54-34-43-21-13-12-20-42(43)32-50(54)39-16-8-4-9-17-39/h3,5-7,10-15,18-21,24-29,32-37,39,45,49H,4,8-9,16-17,22-23,30-31H2,1-2H3. The van der Waals surface area contributed by atoms with E-state index in [1.165, 1.54) is 136 Å². The van der Waals surface area contributed by atoms with E-state index in [9.17, 15) is 0 Å². The first-order chi connectivity index (χ1) is 28.0. The maximum atomic E-state index is 2.65. The van der Waals surface area contributed by atoms with E-state index in [1.54, 1.807) is 5.56 Å². The third-order valence-electron chi connectivity index (χ3n) is 14.7. The van der Waals surface area contributed by atoms with Crippen LogP contribution in [0.3, 0.4) is 0 Å². The molecule has 0 aliphatic heterocycles. The Morgan fingerprint density at radius 2 is 1.21 bits per heavy atom. The Morgan fingerprint density at radius 3 is 1.91 bits per heavy atom. The van der Waals surface area contributed by atoms with Crippen LogP contribution in [0.25, 0.3) is 44.2 Å². The zero-order valence-electron chi connectivity index (χ0n) is 33.6. The molecule has 0 N–H and O–H groups in total. The van der Waals surface area contributed by atoms with Crippen molar-refractivity contribution in [2.45, 2.75) is 88.9 Å². The van der Waals surface area contributed by atoms with Crippen molar-refractivity contribution in [3.8, 4) is 33.4 Å². The molecule has 0 spiro atoms. The second-order valence-electron chi connectivity index (χ2n) is 18.3. The predicted octanol–water partition coefficient (Wildman–Crippen LogP) is 15.9. The summed E-state index contributed by atoms with van der Waals surface area (Å²) in [5.41, 5.74) is 17.4. The zero-order valence-corrected chi connectivity index (χ0v) is 33.6. The molecule has 0 saturated heterocycles. The normalized spacial score (nSPS) is 20.8. The van der Waals surface area contributed by atoms with Crippen LogP contribution in [0, 0.1) is 11.8 Å². The maximum Gasteiger partial charge on any atom is 0.0502 e. The number of nitrogens with zero attached hydrogens (tertiary/aromatic N) is 1. The lowest BCUT2D eigenvalue weighted by Gasteiger charge is -2.34. The average molecular weight is 740 g/mol. The molecule has 4 aliphatic rings. The molecule has 3 fully saturated rings. The molecule has 1 heteroatoms. The van der Waals surface area contributed by atoms with E-state index in [0.29, 0.717) is 5.92 Å². The summed E-state index contributed by atoms with van der Waals surface area (Å²) in [6.45, 7) is 4.89. The summed E-state index contributed by atoms with van der Waals surface area (Å²) in [7, 11) is 0. The Hall–Kier alpha value is -5.40. The van der Waals surface area contributed by atoms with Crippen LogP contribution in [0.1, 0.15) is 106 Å². The van der Waals surface area contributed by atoms with Gasteiger partial charge in [0.1, 0.15) is 0 Å². The predicted molar refractivity (Wildman–Crippen MR) is 241 cm³/mol. The molecule has 0 aromatic heterocycles. The van der Waals surface area contributed by atoms with Crippen LogP contribution in [0.4, 0.5) is 17.1 Å². The van der Waals surface area contributed by atoms with E-state index in [0.717, 1.165) is 17.8 Å². The second kappa shape index (κ2) is 13.9. The Bertz CT molecular complexity index is 2590. The SMILES string of the molecule is CC1(C)c2cc(-c3ccccc3)ccc2-c2c(-c3ccccc3)cc(N(c3ccc(C4CC5CCC4C5)cc3)c3cc4ccccc4cc3C3CCCCC3)cc21. The highest BCUT2D eigenvalue weighted by atomic mass is 15.1. The van der Waals surface area contributed by atoms with Crippen LogP contribution in [0.15, 0.2) is 152 Å². The van der Waals surface area contributed by atoms with Crippen molar-refractivity contribution in [2.24, 2.45) is 11.8 Å². The average Bonchev–Trinajstić information content (AvgIpc) is 3.97. The molecule has 0 heterocycles. The van der Waals surface area contributed by atoms with Gasteiger partial charge >= 0.3 is 0 Å². The van der Waals surface area contributed by atoms with Crippen LogP contribution in [0.5, 0.6) is 0 Å². The highest BCUT2D eigenvalue weighted by molar-refractivity contribution is 5.98. The largest absolute Gasteiger partial charge is 0.310 e. The molecule has 3 atom stereocenters. The minimum atomic E-state index is -0.193. The third kappa shape index (κ3) is 5.96. The summed E-state index contributed by atoms with van der Waals surface area (Å²) in [4.78, 5) is 2.65. The van der Waals surface area contributed by atoms with Crippen molar-refractivity contribution < 1.29 is 0 Å². The van der Waals surface area contributed by atoms with E-state index in [1.807, 2.05) is 0 Å². The van der Waals surface area contributed by atoms with Gasteiger partial charge < -0.3 is 4.90 Å². The van der Waals surface area contributed by atoms with Gasteiger partial charge in [-0.05, 0) is 165 Å². The van der Waals surface area contributed by atoms with Gasteiger partial charge in [-0.15, -0.1) is 0 Å². The molecule has 282 valence electrons. The number of hydrogen-bond donors (Lipinski definition) is 0. The number of benzene rings is 7. The summed E-state index contributed by atoms with van der Waals surface area (Å²) in [6, 6.07) is 58.3. The first kappa shape index (κ1) is 34.8. The van der Waals surface area contributed by atoms with Crippen molar-refractivity contribution in [3.05, 3.63) is 174 Å². The van der Waals surface area contributed by atoms with Gasteiger partial charge in [-0.1, -0.05) is 149 Å². The Kier molecular flexibility index (Phi) is 8.50. The second-order valence-corrected chi connectivity index (χ2v) is 18.3. The van der Waals surface area contributed by atoms with E-state index >= 15 is 0 Å². The Labute approximate surface area is 339 Å². The fourth-order valence-electron chi connectivity index (χ4n) is 11.7. The molecule has 7 aromatic rings. The fourth-order valence-corrected chi connectivity index (χ4v) is 11.7. The number of fused-ring (bicyclic) bond motifs is 6. The van der Waals surface area contributed by atoms with Gasteiger partial charge in [-0.2, -0.15) is 0 Å². The first-order valence-corrected chi connectivity index (χ1v) is 21.9. The molecule has 57 heavy (non-hydrogen) atoms. The van der Waals surface area contributed by atoms with Crippen molar-refractivity contribution >= 4 is 27.8 Å². The van der Waals surface area contributed by atoms with Crippen LogP contribution in [-0.4, -0.2) is 0 Å². The number of rotatable bonds is 7. The lowest BCUT2D eigenvalue weighted by Crippen LogP contribution is -2.18. The van der Waals surface area contributed by atoms with Gasteiger partial charge in [0.05, 0.1) is 5.69 Å². The van der Waals surface area contributed by atoms with E-state index in [4.69, 9.17) is 0 Å². The minimum Gasteiger partial charge on any atom is -0.310 e. The van der Waals surface area contributed by atoms with E-state index in [2.05, 4.69) is 170 Å². The molecule has 2 bridgehead atoms. The zero-order chi connectivity index (χ0) is 38.1. The third-order valence-corrected chi connectivity index (χ3v) is 14.7. The van der Waals surface area contributed by atoms with Crippen LogP contribution in [-0.2, 0) is 5.41 Å². The number of anilines is 3. The monoisotopic (exact) mass is 739 g/mol. The molecule has 3 unspecified atom stereocenters. The minimum absolute atomic E-state index is 0.193. The lowest BCUT2D eigenvalue weighted by molar-refractivity contribution is 0.420. The van der Waals surface area contributed by atoms with Gasteiger partial charge in [0.2, 0.25) is 0 Å². The topological polar surface area (TPSA) is 3.24 Å². The summed E-state index contributed by atoms with van der Waals surface area (Å²) < 4.78 is 0. The summed E-state index contributed by atoms with van der Waals surface area (Å²) in [5, 5.41) is 2.65. The summed E-state index contributed by atoms with van der Waals surface area (Å²) in [5.74, 6) is 3.07. The molecule has 4 aliphatic carbocycles. The highest BCUT2D eigenvalue weighted by Crippen LogP contribution is 2.57. The van der Waals surface area contributed by atoms with Gasteiger partial charge in [0, 0.05) is 16.8 Å². The van der Waals surface area contributed by atoms with Gasteiger partial charge in [0.15, 0.2) is 0 Å². The van der Waals surface area contributed by atoms with Crippen LogP contribution >= 0.6 is 0 Å². The molecule has 0 radical (unpaired) electrons. The molecule has 7 aromatic carbocycles. The van der Waals surface area contributed by atoms with Crippen molar-refractivity contribution in [1.82, 2.24) is 0 Å². The van der Waals surface area contributed by atoms with E-state index in [-0.39, 0.29) is 5.41 Å². The van der Waals surface area contributed by atoms with E-state index < -0.39 is 0 Å². The van der Waals surface area contributed by atoms with Crippen molar-refractivity contribution in [1.29, 1.82) is 0 Å². The van der Waals surface area contributed by atoms with Gasteiger partial charge in [0.25, 0.3) is 0 Å². The highest BCUT2D eigenvalue weighted by Gasteiger charge is 2.41. The first-order valence-electron chi connectivity index (χ1n) is 21.9. The van der Waals surface area contributed by atoms with Gasteiger partial charge in [-0.25, -0.2) is 0 Å². The smallest absolute Gasteiger partial charge is 0.0502 e. The molecule has 11 rings (SSSR count). The van der Waals surface area contributed by atoms with Gasteiger partial charge in [-0.3, -0.25) is 0 Å². The maximum absolute atomic E-state index is 2.65. The quantitative estimate of drug-likeness (QED) is 0.157. The van der Waals surface area contributed by atoms with Crippen molar-refractivity contribution in [2.75, 3.05) is 4.90 Å². The van der Waals surface area contributed by atoms with Crippen LogP contribution in [0.2, 0.25) is 0 Å². The fraction of sp³-hybridized carbons (Fsp3) is 0.286. The summed E-state index contributed by atoms with van der Waals surface area (Å²) in [6.07, 6.45) is 12.1. The lowest BCUT2D eigenvalue weighted by atomic mass is 9.80. The molecule has 1 nitrogen and oxygen atoms in total.